The van der Waals surface area contributed by atoms with Gasteiger partial charge in [-0.15, -0.1) is 4.83 Å². The van der Waals surface area contributed by atoms with Crippen molar-refractivity contribution in [3.05, 3.63) is 29.8 Å². The summed E-state index contributed by atoms with van der Waals surface area (Å²) in [6.07, 6.45) is -9.49. The number of benzene rings is 1. The van der Waals surface area contributed by atoms with Crippen molar-refractivity contribution in [2.45, 2.75) is 30.0 Å². The Morgan fingerprint density at radius 1 is 1.28 bits per heavy atom. The van der Waals surface area contributed by atoms with Crippen molar-refractivity contribution in [2.24, 2.45) is 0 Å². The third-order valence-corrected chi connectivity index (χ3v) is 4.22. The van der Waals surface area contributed by atoms with Crippen molar-refractivity contribution >= 4 is 16.1 Å². The third kappa shape index (κ3) is 4.77. The summed E-state index contributed by atoms with van der Waals surface area (Å²) in [5, 5.41) is 9.65. The van der Waals surface area contributed by atoms with Gasteiger partial charge in [0.25, 0.3) is 16.4 Å². The fraction of sp³-hybridized carbons (Fsp3) is 0.333. The Morgan fingerprint density at radius 3 is 2.36 bits per heavy atom. The number of hydrogen-bond donors (Lipinski definition) is 3. The fourth-order valence-corrected chi connectivity index (χ4v) is 2.31. The van der Waals surface area contributed by atoms with E-state index < -0.39 is 39.1 Å². The van der Waals surface area contributed by atoms with Crippen LogP contribution in [0.25, 0.3) is 0 Å². The molecule has 2 amide bonds. The molecule has 0 saturated carbocycles. The first kappa shape index (κ1) is 20.6. The molecule has 25 heavy (non-hydrogen) atoms. The van der Waals surface area contributed by atoms with Gasteiger partial charge in [0.15, 0.2) is 5.54 Å². The first-order valence-corrected chi connectivity index (χ1v) is 7.77. The largest absolute Gasteiger partial charge is 0.416 e. The zero-order chi connectivity index (χ0) is 19.5. The maximum absolute atomic E-state index is 12.6. The van der Waals surface area contributed by atoms with E-state index in [0.717, 1.165) is 17.4 Å². The van der Waals surface area contributed by atoms with Crippen molar-refractivity contribution in [1.82, 2.24) is 15.6 Å². The maximum atomic E-state index is 12.6. The number of carbonyl (C=O) groups excluding carboxylic acids is 1. The number of nitriles is 1. The van der Waals surface area contributed by atoms with Gasteiger partial charge in [0.05, 0.1) is 16.5 Å². The summed E-state index contributed by atoms with van der Waals surface area (Å²) in [6, 6.07) is 4.29. The standard InChI is InChI=1S/C12H11F5N4O3S/c1-11(9(13)14,12(15,16)17)19-10(22)20-21-25(23,24)8-4-2-3-7(5-8)6-18/h2-5,9,21H,1H3,(H2,19,20,22). The van der Waals surface area contributed by atoms with Gasteiger partial charge in [-0.25, -0.2) is 22.0 Å². The molecular weight excluding hydrogens is 375 g/mol. The van der Waals surface area contributed by atoms with E-state index >= 15 is 0 Å². The molecule has 0 aliphatic rings. The minimum atomic E-state index is -5.49. The molecular formula is C12H11F5N4O3S. The number of amides is 2. The molecule has 1 unspecified atom stereocenters. The average molecular weight is 386 g/mol. The van der Waals surface area contributed by atoms with Gasteiger partial charge in [0.2, 0.25) is 0 Å². The van der Waals surface area contributed by atoms with Crippen LogP contribution in [-0.2, 0) is 10.0 Å². The second kappa shape index (κ2) is 7.19. The molecule has 138 valence electrons. The number of halogens is 5. The monoisotopic (exact) mass is 386 g/mol. The lowest BCUT2D eigenvalue weighted by Gasteiger charge is -2.31. The van der Waals surface area contributed by atoms with Crippen molar-refractivity contribution in [3.63, 3.8) is 0 Å². The lowest BCUT2D eigenvalue weighted by Crippen LogP contribution is -2.64. The molecule has 1 rings (SSSR count). The van der Waals surface area contributed by atoms with Gasteiger partial charge in [-0.1, -0.05) is 6.07 Å². The number of sulfonamides is 1. The molecule has 1 aromatic rings. The van der Waals surface area contributed by atoms with E-state index in [1.807, 2.05) is 0 Å². The van der Waals surface area contributed by atoms with Crippen molar-refractivity contribution in [3.8, 4) is 6.07 Å². The van der Waals surface area contributed by atoms with Crippen LogP contribution in [0.5, 0.6) is 0 Å². The Kier molecular flexibility index (Phi) is 5.92. The van der Waals surface area contributed by atoms with Gasteiger partial charge >= 0.3 is 12.2 Å². The van der Waals surface area contributed by atoms with Gasteiger partial charge in [0, 0.05) is 0 Å². The zero-order valence-corrected chi connectivity index (χ0v) is 13.2. The van der Waals surface area contributed by atoms with E-state index in [4.69, 9.17) is 5.26 Å². The summed E-state index contributed by atoms with van der Waals surface area (Å²) in [4.78, 5) is 12.3. The van der Waals surface area contributed by atoms with Crippen molar-refractivity contribution in [1.29, 1.82) is 5.26 Å². The molecule has 1 atom stereocenters. The number of hydrogen-bond acceptors (Lipinski definition) is 4. The van der Waals surface area contributed by atoms with Gasteiger partial charge < -0.3 is 5.32 Å². The van der Waals surface area contributed by atoms with Crippen LogP contribution in [0.3, 0.4) is 0 Å². The summed E-state index contributed by atoms with van der Waals surface area (Å²) in [5.41, 5.74) is -2.58. The van der Waals surface area contributed by atoms with Gasteiger partial charge in [-0.2, -0.15) is 18.4 Å². The normalized spacial score (nSPS) is 14.5. The molecule has 0 heterocycles. The van der Waals surface area contributed by atoms with Crippen LogP contribution in [0, 0.1) is 11.3 Å². The van der Waals surface area contributed by atoms with Crippen LogP contribution >= 0.6 is 0 Å². The minimum absolute atomic E-state index is 0.0327. The summed E-state index contributed by atoms with van der Waals surface area (Å²) in [6.45, 7) is 0.0438. The highest BCUT2D eigenvalue weighted by Gasteiger charge is 2.59. The predicted molar refractivity (Wildman–Crippen MR) is 73.6 cm³/mol. The first-order valence-electron chi connectivity index (χ1n) is 6.28. The first-order chi connectivity index (χ1) is 11.3. The van der Waals surface area contributed by atoms with E-state index in [9.17, 15) is 35.2 Å². The molecule has 0 spiro atoms. The van der Waals surface area contributed by atoms with Crippen LogP contribution in [0.1, 0.15) is 12.5 Å². The highest BCUT2D eigenvalue weighted by atomic mass is 32.2. The number of nitrogens with one attached hydrogen (secondary N) is 3. The van der Waals surface area contributed by atoms with E-state index in [1.54, 1.807) is 6.07 Å². The Balaban J connectivity index is 2.86. The Hall–Kier alpha value is -2.46. The molecule has 0 aliphatic carbocycles. The Bertz CT molecular complexity index is 791. The average Bonchev–Trinajstić information content (AvgIpc) is 2.51. The molecule has 7 nitrogen and oxygen atoms in total. The number of urea groups is 1. The molecule has 0 saturated heterocycles. The van der Waals surface area contributed by atoms with Gasteiger partial charge in [-0.3, -0.25) is 5.43 Å². The highest BCUT2D eigenvalue weighted by Crippen LogP contribution is 2.34. The summed E-state index contributed by atoms with van der Waals surface area (Å²) >= 11 is 0. The fourth-order valence-electron chi connectivity index (χ4n) is 1.42. The second-order valence-electron chi connectivity index (χ2n) is 4.83. The molecule has 1 aromatic carbocycles. The van der Waals surface area contributed by atoms with Gasteiger partial charge in [0.1, 0.15) is 0 Å². The van der Waals surface area contributed by atoms with Crippen LogP contribution in [-0.4, -0.2) is 32.6 Å². The maximum Gasteiger partial charge on any atom is 0.416 e. The minimum Gasteiger partial charge on any atom is -0.318 e. The van der Waals surface area contributed by atoms with E-state index in [1.165, 1.54) is 22.4 Å². The van der Waals surface area contributed by atoms with Crippen LogP contribution < -0.4 is 15.6 Å². The van der Waals surface area contributed by atoms with Crippen molar-refractivity contribution in [2.75, 3.05) is 0 Å². The molecule has 13 heteroatoms. The van der Waals surface area contributed by atoms with E-state index in [2.05, 4.69) is 0 Å². The second-order valence-corrected chi connectivity index (χ2v) is 6.51. The van der Waals surface area contributed by atoms with Crippen molar-refractivity contribution < 1.29 is 35.2 Å². The predicted octanol–water partition coefficient (Wildman–Crippen LogP) is 1.64. The number of alkyl halides is 5. The molecule has 0 bridgehead atoms. The topological polar surface area (TPSA) is 111 Å². The third-order valence-electron chi connectivity index (χ3n) is 2.97. The number of carbonyl (C=O) groups is 1. The van der Waals surface area contributed by atoms with E-state index in [0.29, 0.717) is 0 Å². The molecule has 3 N–H and O–H groups in total. The Morgan fingerprint density at radius 2 is 1.88 bits per heavy atom. The van der Waals surface area contributed by atoms with E-state index in [-0.39, 0.29) is 12.5 Å². The lowest BCUT2D eigenvalue weighted by atomic mass is 10.0. The van der Waals surface area contributed by atoms with Gasteiger partial charge in [-0.05, 0) is 25.1 Å². The smallest absolute Gasteiger partial charge is 0.318 e. The molecule has 0 aliphatic heterocycles. The quantitative estimate of drug-likeness (QED) is 0.528. The molecule has 0 aromatic heterocycles. The number of rotatable bonds is 5. The number of hydrazine groups is 1. The SMILES string of the molecule is CC(NC(=O)NNS(=O)(=O)c1cccc(C#N)c1)(C(F)F)C(F)(F)F. The zero-order valence-electron chi connectivity index (χ0n) is 12.4. The molecule has 0 fully saturated rings. The highest BCUT2D eigenvalue weighted by molar-refractivity contribution is 7.89. The number of nitrogens with zero attached hydrogens (tertiary/aromatic N) is 1. The summed E-state index contributed by atoms with van der Waals surface area (Å²) in [5.74, 6) is 0. The van der Waals surface area contributed by atoms with Crippen LogP contribution in [0.15, 0.2) is 29.2 Å². The van der Waals surface area contributed by atoms with Crippen LogP contribution in [0.4, 0.5) is 26.7 Å². The van der Waals surface area contributed by atoms with Crippen LogP contribution in [0.2, 0.25) is 0 Å². The summed E-state index contributed by atoms with van der Waals surface area (Å²) < 4.78 is 86.9. The molecule has 0 radical (unpaired) electrons. The lowest BCUT2D eigenvalue weighted by molar-refractivity contribution is -0.221. The Labute approximate surface area is 138 Å². The summed E-state index contributed by atoms with van der Waals surface area (Å²) in [7, 11) is -4.44.